The summed E-state index contributed by atoms with van der Waals surface area (Å²) in [7, 11) is 0. The molecule has 1 aliphatic rings. The molecule has 6 heteroatoms. The van der Waals surface area contributed by atoms with Gasteiger partial charge < -0.3 is 15.3 Å². The average Bonchev–Trinajstić information content (AvgIpc) is 2.86. The molecule has 2 amide bonds. The first-order valence-electron chi connectivity index (χ1n) is 6.45. The van der Waals surface area contributed by atoms with Gasteiger partial charge in [-0.05, 0) is 29.6 Å². The van der Waals surface area contributed by atoms with Gasteiger partial charge in [-0.1, -0.05) is 24.3 Å². The molecule has 0 unspecified atom stereocenters. The summed E-state index contributed by atoms with van der Waals surface area (Å²) < 4.78 is 0. The second-order valence-corrected chi connectivity index (χ2v) is 5.73. The molecule has 20 heavy (non-hydrogen) atoms. The summed E-state index contributed by atoms with van der Waals surface area (Å²) in [6.07, 6.45) is 2.35. The summed E-state index contributed by atoms with van der Waals surface area (Å²) in [6, 6.07) is 6.74. The van der Waals surface area contributed by atoms with Gasteiger partial charge in [0.2, 0.25) is 0 Å². The van der Waals surface area contributed by atoms with E-state index in [9.17, 15) is 9.59 Å². The standard InChI is InChI=1S/C14H18N2O3S/c1-20-7-6-12(13(17)18)15-14(19)16-8-10-4-2-3-5-11(10)9-16/h2-5,12H,6-9H2,1H3,(H,15,19)(H,17,18)/t12-/m0/s1. The van der Waals surface area contributed by atoms with E-state index in [1.165, 1.54) is 0 Å². The van der Waals surface area contributed by atoms with Crippen molar-refractivity contribution in [2.45, 2.75) is 25.6 Å². The molecule has 2 N–H and O–H groups in total. The number of carbonyl (C=O) groups excluding carboxylic acids is 1. The number of fused-ring (bicyclic) bond motifs is 1. The number of nitrogens with one attached hydrogen (secondary N) is 1. The van der Waals surface area contributed by atoms with Crippen molar-refractivity contribution < 1.29 is 14.7 Å². The Hall–Kier alpha value is -1.69. The molecule has 0 fully saturated rings. The van der Waals surface area contributed by atoms with Crippen LogP contribution in [0.3, 0.4) is 0 Å². The van der Waals surface area contributed by atoms with Crippen LogP contribution in [-0.2, 0) is 17.9 Å². The highest BCUT2D eigenvalue weighted by atomic mass is 32.2. The minimum absolute atomic E-state index is 0.310. The minimum Gasteiger partial charge on any atom is -0.480 e. The van der Waals surface area contributed by atoms with E-state index in [1.807, 2.05) is 30.5 Å². The number of hydrogen-bond acceptors (Lipinski definition) is 3. The van der Waals surface area contributed by atoms with E-state index < -0.39 is 12.0 Å². The van der Waals surface area contributed by atoms with Crippen molar-refractivity contribution in [3.8, 4) is 0 Å². The molecule has 1 aromatic rings. The number of aliphatic carboxylic acids is 1. The number of carboxylic acid groups (broad SMARTS) is 1. The lowest BCUT2D eigenvalue weighted by Gasteiger charge is -2.20. The van der Waals surface area contributed by atoms with Crippen LogP contribution < -0.4 is 5.32 Å². The molecule has 1 aromatic carbocycles. The highest BCUT2D eigenvalue weighted by Gasteiger charge is 2.26. The third-order valence-electron chi connectivity index (χ3n) is 3.33. The lowest BCUT2D eigenvalue weighted by molar-refractivity contribution is -0.139. The molecule has 5 nitrogen and oxygen atoms in total. The first-order valence-corrected chi connectivity index (χ1v) is 7.85. The van der Waals surface area contributed by atoms with Crippen LogP contribution in [0.4, 0.5) is 4.79 Å². The number of benzene rings is 1. The number of amides is 2. The van der Waals surface area contributed by atoms with E-state index in [0.29, 0.717) is 25.3 Å². The van der Waals surface area contributed by atoms with Crippen LogP contribution in [0.1, 0.15) is 17.5 Å². The van der Waals surface area contributed by atoms with Crippen molar-refractivity contribution in [2.24, 2.45) is 0 Å². The molecular formula is C14H18N2O3S. The predicted octanol–water partition coefficient (Wildman–Crippen LogP) is 1.92. The minimum atomic E-state index is -0.982. The lowest BCUT2D eigenvalue weighted by Crippen LogP contribution is -2.46. The molecule has 0 spiro atoms. The van der Waals surface area contributed by atoms with Gasteiger partial charge >= 0.3 is 12.0 Å². The van der Waals surface area contributed by atoms with Gasteiger partial charge in [0.25, 0.3) is 0 Å². The maximum Gasteiger partial charge on any atom is 0.326 e. The topological polar surface area (TPSA) is 69.6 Å². The van der Waals surface area contributed by atoms with Crippen molar-refractivity contribution >= 4 is 23.8 Å². The van der Waals surface area contributed by atoms with Crippen molar-refractivity contribution in [3.63, 3.8) is 0 Å². The van der Waals surface area contributed by atoms with Crippen molar-refractivity contribution in [3.05, 3.63) is 35.4 Å². The molecule has 0 aromatic heterocycles. The molecular weight excluding hydrogens is 276 g/mol. The summed E-state index contributed by atoms with van der Waals surface area (Å²) in [4.78, 5) is 24.9. The van der Waals surface area contributed by atoms with Crippen molar-refractivity contribution in [2.75, 3.05) is 12.0 Å². The van der Waals surface area contributed by atoms with E-state index in [0.717, 1.165) is 11.1 Å². The number of carboxylic acids is 1. The predicted molar refractivity (Wildman–Crippen MR) is 78.6 cm³/mol. The SMILES string of the molecule is CSCC[C@H](NC(=O)N1Cc2ccccc2C1)C(=O)O. The number of urea groups is 1. The molecule has 0 bridgehead atoms. The molecule has 0 saturated carbocycles. The Morgan fingerprint density at radius 3 is 2.45 bits per heavy atom. The summed E-state index contributed by atoms with van der Waals surface area (Å²) in [5.74, 6) is -0.276. The second-order valence-electron chi connectivity index (χ2n) is 4.75. The van der Waals surface area contributed by atoms with Crippen LogP contribution in [0.15, 0.2) is 24.3 Å². The maximum atomic E-state index is 12.1. The van der Waals surface area contributed by atoms with Gasteiger partial charge in [-0.15, -0.1) is 0 Å². The smallest absolute Gasteiger partial charge is 0.326 e. The highest BCUT2D eigenvalue weighted by molar-refractivity contribution is 7.98. The largest absolute Gasteiger partial charge is 0.480 e. The van der Waals surface area contributed by atoms with E-state index in [2.05, 4.69) is 5.32 Å². The summed E-state index contributed by atoms with van der Waals surface area (Å²) >= 11 is 1.57. The summed E-state index contributed by atoms with van der Waals surface area (Å²) in [6.45, 7) is 1.08. The van der Waals surface area contributed by atoms with Crippen LogP contribution in [0.25, 0.3) is 0 Å². The number of nitrogens with zero attached hydrogens (tertiary/aromatic N) is 1. The number of thioether (sulfide) groups is 1. The van der Waals surface area contributed by atoms with Gasteiger partial charge in [0.15, 0.2) is 0 Å². The Morgan fingerprint density at radius 1 is 1.35 bits per heavy atom. The Kier molecular flexibility index (Phi) is 4.89. The first kappa shape index (κ1) is 14.7. The van der Waals surface area contributed by atoms with Crippen LogP contribution in [-0.4, -0.2) is 40.1 Å². The summed E-state index contributed by atoms with van der Waals surface area (Å²) in [5.41, 5.74) is 2.25. The normalized spacial score (nSPS) is 14.8. The molecule has 0 saturated heterocycles. The zero-order chi connectivity index (χ0) is 14.5. The van der Waals surface area contributed by atoms with Crippen LogP contribution in [0.2, 0.25) is 0 Å². The van der Waals surface area contributed by atoms with Gasteiger partial charge in [-0.3, -0.25) is 0 Å². The Balaban J connectivity index is 1.94. The molecule has 0 aliphatic carbocycles. The Bertz CT molecular complexity index is 482. The molecule has 2 rings (SSSR count). The fourth-order valence-corrected chi connectivity index (χ4v) is 2.68. The zero-order valence-electron chi connectivity index (χ0n) is 11.3. The Morgan fingerprint density at radius 2 is 1.95 bits per heavy atom. The van der Waals surface area contributed by atoms with E-state index in [1.54, 1.807) is 16.7 Å². The second kappa shape index (κ2) is 6.65. The van der Waals surface area contributed by atoms with Crippen molar-refractivity contribution in [1.29, 1.82) is 0 Å². The third-order valence-corrected chi connectivity index (χ3v) is 3.98. The van der Waals surface area contributed by atoms with E-state index in [-0.39, 0.29) is 6.03 Å². The maximum absolute atomic E-state index is 12.1. The molecule has 1 atom stereocenters. The fraction of sp³-hybridized carbons (Fsp3) is 0.429. The van der Waals surface area contributed by atoms with Gasteiger partial charge in [-0.2, -0.15) is 11.8 Å². The zero-order valence-corrected chi connectivity index (χ0v) is 12.2. The molecule has 0 radical (unpaired) electrons. The average molecular weight is 294 g/mol. The number of rotatable bonds is 5. The number of carbonyl (C=O) groups is 2. The highest BCUT2D eigenvalue weighted by Crippen LogP contribution is 2.22. The van der Waals surface area contributed by atoms with E-state index in [4.69, 9.17) is 5.11 Å². The summed E-state index contributed by atoms with van der Waals surface area (Å²) in [5, 5.41) is 11.7. The third kappa shape index (κ3) is 3.45. The lowest BCUT2D eigenvalue weighted by atomic mass is 10.1. The first-order chi connectivity index (χ1) is 9.61. The van der Waals surface area contributed by atoms with Crippen LogP contribution in [0, 0.1) is 0 Å². The van der Waals surface area contributed by atoms with E-state index >= 15 is 0 Å². The van der Waals surface area contributed by atoms with Gasteiger partial charge in [0.1, 0.15) is 6.04 Å². The van der Waals surface area contributed by atoms with Crippen LogP contribution >= 0.6 is 11.8 Å². The monoisotopic (exact) mass is 294 g/mol. The fourth-order valence-electron chi connectivity index (χ4n) is 2.21. The number of hydrogen-bond donors (Lipinski definition) is 2. The van der Waals surface area contributed by atoms with Crippen molar-refractivity contribution in [1.82, 2.24) is 10.2 Å². The quantitative estimate of drug-likeness (QED) is 0.870. The van der Waals surface area contributed by atoms with Gasteiger partial charge in [0.05, 0.1) is 0 Å². The van der Waals surface area contributed by atoms with Gasteiger partial charge in [-0.25, -0.2) is 9.59 Å². The Labute approximate surface area is 122 Å². The molecule has 1 heterocycles. The molecule has 1 aliphatic heterocycles. The van der Waals surface area contributed by atoms with Crippen LogP contribution in [0.5, 0.6) is 0 Å². The molecule has 108 valence electrons. The van der Waals surface area contributed by atoms with Gasteiger partial charge in [0, 0.05) is 13.1 Å².